The number of rotatable bonds is 3. The van der Waals surface area contributed by atoms with Gasteiger partial charge in [-0.2, -0.15) is 10.1 Å². The third-order valence-electron chi connectivity index (χ3n) is 4.01. The molecule has 2 aromatic rings. The molecule has 3 rings (SSSR count). The molecule has 6 heteroatoms. The minimum Gasteiger partial charge on any atom is -0.355 e. The minimum absolute atomic E-state index is 0.147. The van der Waals surface area contributed by atoms with E-state index in [9.17, 15) is 4.79 Å². The van der Waals surface area contributed by atoms with E-state index >= 15 is 0 Å². The van der Waals surface area contributed by atoms with Crippen molar-refractivity contribution in [3.05, 3.63) is 28.7 Å². The van der Waals surface area contributed by atoms with E-state index < -0.39 is 0 Å². The highest BCUT2D eigenvalue weighted by molar-refractivity contribution is 5.74. The van der Waals surface area contributed by atoms with E-state index in [0.29, 0.717) is 22.9 Å². The summed E-state index contributed by atoms with van der Waals surface area (Å²) < 4.78 is 1.80. The van der Waals surface area contributed by atoms with Crippen molar-refractivity contribution in [2.75, 3.05) is 11.9 Å². The van der Waals surface area contributed by atoms with Crippen molar-refractivity contribution < 1.29 is 0 Å². The molecule has 0 saturated heterocycles. The second-order valence-electron chi connectivity index (χ2n) is 6.91. The van der Waals surface area contributed by atoms with Crippen LogP contribution in [0.4, 0.5) is 5.95 Å². The number of aromatic nitrogens is 4. The number of allylic oxidation sites excluding steroid dienone is 2. The van der Waals surface area contributed by atoms with E-state index in [2.05, 4.69) is 32.5 Å². The van der Waals surface area contributed by atoms with Gasteiger partial charge in [0.15, 0.2) is 5.65 Å². The summed E-state index contributed by atoms with van der Waals surface area (Å²) in [6, 6.07) is 0. The highest BCUT2D eigenvalue weighted by Crippen LogP contribution is 2.20. The quantitative estimate of drug-likeness (QED) is 0.855. The maximum absolute atomic E-state index is 12.2. The Labute approximate surface area is 129 Å². The van der Waals surface area contributed by atoms with Crippen molar-refractivity contribution in [3.63, 3.8) is 0 Å². The number of hydrogen-bond acceptors (Lipinski definition) is 4. The van der Waals surface area contributed by atoms with Crippen LogP contribution in [0.25, 0.3) is 11.0 Å². The Balaban J connectivity index is 1.87. The molecule has 1 aliphatic rings. The first-order valence-electron chi connectivity index (χ1n) is 7.82. The van der Waals surface area contributed by atoms with Gasteiger partial charge in [0.2, 0.25) is 5.95 Å². The molecule has 1 unspecified atom stereocenters. The molecule has 0 saturated carbocycles. The zero-order chi connectivity index (χ0) is 15.7. The van der Waals surface area contributed by atoms with Crippen LogP contribution in [0.15, 0.2) is 23.1 Å². The Kier molecular flexibility index (Phi) is 3.76. The van der Waals surface area contributed by atoms with Gasteiger partial charge in [-0.05, 0) is 46.0 Å². The molecule has 0 spiro atoms. The van der Waals surface area contributed by atoms with Gasteiger partial charge in [0.1, 0.15) is 5.39 Å². The van der Waals surface area contributed by atoms with Crippen LogP contribution in [-0.4, -0.2) is 26.3 Å². The standard InChI is InChI=1S/C16H23N5O/c1-16(2,3)21-13-12(10-18-21)14(22)20-15(19-13)17-9-11-7-5-4-6-8-11/h4-5,10-11H,6-9H2,1-3H3,(H2,17,19,20,22). The summed E-state index contributed by atoms with van der Waals surface area (Å²) in [6.45, 7) is 6.96. The molecule has 0 aliphatic heterocycles. The van der Waals surface area contributed by atoms with E-state index in [4.69, 9.17) is 0 Å². The highest BCUT2D eigenvalue weighted by Gasteiger charge is 2.20. The van der Waals surface area contributed by atoms with Gasteiger partial charge in [-0.3, -0.25) is 9.78 Å². The zero-order valence-electron chi connectivity index (χ0n) is 13.4. The largest absolute Gasteiger partial charge is 0.355 e. The van der Waals surface area contributed by atoms with Crippen molar-refractivity contribution in [1.29, 1.82) is 0 Å². The average molecular weight is 301 g/mol. The second kappa shape index (κ2) is 5.59. The summed E-state index contributed by atoms with van der Waals surface area (Å²) in [5.41, 5.74) is 0.266. The molecule has 22 heavy (non-hydrogen) atoms. The van der Waals surface area contributed by atoms with Crippen molar-refractivity contribution in [2.45, 2.75) is 45.6 Å². The molecule has 1 aliphatic carbocycles. The summed E-state index contributed by atoms with van der Waals surface area (Å²) in [5, 5.41) is 8.12. The van der Waals surface area contributed by atoms with E-state index in [1.165, 1.54) is 6.42 Å². The highest BCUT2D eigenvalue weighted by atomic mass is 16.1. The first-order chi connectivity index (χ1) is 10.4. The number of nitrogens with one attached hydrogen (secondary N) is 2. The van der Waals surface area contributed by atoms with Crippen molar-refractivity contribution in [3.8, 4) is 0 Å². The monoisotopic (exact) mass is 301 g/mol. The third-order valence-corrected chi connectivity index (χ3v) is 4.01. The minimum atomic E-state index is -0.214. The van der Waals surface area contributed by atoms with Crippen LogP contribution in [0.2, 0.25) is 0 Å². The first-order valence-corrected chi connectivity index (χ1v) is 7.82. The van der Waals surface area contributed by atoms with Gasteiger partial charge >= 0.3 is 0 Å². The number of aromatic amines is 1. The van der Waals surface area contributed by atoms with Crippen LogP contribution in [0.3, 0.4) is 0 Å². The molecule has 1 atom stereocenters. The van der Waals surface area contributed by atoms with Gasteiger partial charge in [0.25, 0.3) is 5.56 Å². The predicted octanol–water partition coefficient (Wildman–Crippen LogP) is 2.64. The third kappa shape index (κ3) is 2.91. The summed E-state index contributed by atoms with van der Waals surface area (Å²) >= 11 is 0. The smallest absolute Gasteiger partial charge is 0.263 e. The maximum atomic E-state index is 12.2. The van der Waals surface area contributed by atoms with Gasteiger partial charge in [0, 0.05) is 6.54 Å². The van der Waals surface area contributed by atoms with E-state index in [-0.39, 0.29) is 11.1 Å². The van der Waals surface area contributed by atoms with E-state index in [0.717, 1.165) is 19.4 Å². The van der Waals surface area contributed by atoms with Crippen molar-refractivity contribution in [2.24, 2.45) is 5.92 Å². The number of fused-ring (bicyclic) bond motifs is 1. The summed E-state index contributed by atoms with van der Waals surface area (Å²) in [5.74, 6) is 1.12. The molecule has 0 fully saturated rings. The number of H-pyrrole nitrogens is 1. The lowest BCUT2D eigenvalue weighted by Crippen LogP contribution is -2.25. The van der Waals surface area contributed by atoms with Crippen LogP contribution >= 0.6 is 0 Å². The topological polar surface area (TPSA) is 75.6 Å². The lowest BCUT2D eigenvalue weighted by atomic mass is 9.94. The molecule has 2 aromatic heterocycles. The fourth-order valence-electron chi connectivity index (χ4n) is 2.78. The van der Waals surface area contributed by atoms with Gasteiger partial charge in [-0.15, -0.1) is 0 Å². The molecule has 118 valence electrons. The molecule has 2 heterocycles. The Morgan fingerprint density at radius 2 is 2.23 bits per heavy atom. The van der Waals surface area contributed by atoms with E-state index in [1.54, 1.807) is 10.9 Å². The lowest BCUT2D eigenvalue weighted by molar-refractivity contribution is 0.366. The lowest BCUT2D eigenvalue weighted by Gasteiger charge is -2.20. The molecule has 0 aromatic carbocycles. The number of hydrogen-bond donors (Lipinski definition) is 2. The van der Waals surface area contributed by atoms with Crippen LogP contribution in [0.1, 0.15) is 40.0 Å². The summed E-state index contributed by atoms with van der Waals surface area (Å²) in [4.78, 5) is 19.6. The Bertz CT molecular complexity index is 750. The van der Waals surface area contributed by atoms with Gasteiger partial charge in [0.05, 0.1) is 11.7 Å². The van der Waals surface area contributed by atoms with Crippen LogP contribution in [0.5, 0.6) is 0 Å². The van der Waals surface area contributed by atoms with Crippen molar-refractivity contribution >= 4 is 17.0 Å². The SMILES string of the molecule is CC(C)(C)n1ncc2c(=O)[nH]c(NCC3CC=CCC3)nc21. The Hall–Kier alpha value is -2.11. The number of nitrogens with zero attached hydrogens (tertiary/aromatic N) is 3. The molecule has 0 radical (unpaired) electrons. The summed E-state index contributed by atoms with van der Waals surface area (Å²) in [7, 11) is 0. The Morgan fingerprint density at radius 3 is 2.91 bits per heavy atom. The van der Waals surface area contributed by atoms with Gasteiger partial charge in [-0.1, -0.05) is 12.2 Å². The fourth-order valence-corrected chi connectivity index (χ4v) is 2.78. The molecular weight excluding hydrogens is 278 g/mol. The summed E-state index contributed by atoms with van der Waals surface area (Å²) in [6.07, 6.45) is 9.43. The molecule has 2 N–H and O–H groups in total. The molecular formula is C16H23N5O. The van der Waals surface area contributed by atoms with Crippen molar-refractivity contribution in [1.82, 2.24) is 19.7 Å². The number of anilines is 1. The van der Waals surface area contributed by atoms with Crippen LogP contribution < -0.4 is 10.9 Å². The van der Waals surface area contributed by atoms with Crippen LogP contribution in [0, 0.1) is 5.92 Å². The first kappa shape index (κ1) is 14.8. The van der Waals surface area contributed by atoms with Gasteiger partial charge in [-0.25, -0.2) is 4.68 Å². The van der Waals surface area contributed by atoms with Crippen LogP contribution in [-0.2, 0) is 5.54 Å². The maximum Gasteiger partial charge on any atom is 0.263 e. The molecule has 0 bridgehead atoms. The Morgan fingerprint density at radius 1 is 1.41 bits per heavy atom. The predicted molar refractivity (Wildman–Crippen MR) is 88.1 cm³/mol. The fraction of sp³-hybridized carbons (Fsp3) is 0.562. The molecule has 6 nitrogen and oxygen atoms in total. The normalized spacial score (nSPS) is 18.8. The average Bonchev–Trinajstić information content (AvgIpc) is 2.91. The zero-order valence-corrected chi connectivity index (χ0v) is 13.4. The second-order valence-corrected chi connectivity index (χ2v) is 6.91. The molecule has 0 amide bonds. The van der Waals surface area contributed by atoms with Gasteiger partial charge < -0.3 is 5.32 Å². The van der Waals surface area contributed by atoms with E-state index in [1.807, 2.05) is 20.8 Å².